The number of fused-ring (bicyclic) bond motifs is 1. The van der Waals surface area contributed by atoms with Crippen molar-refractivity contribution in [3.63, 3.8) is 0 Å². The van der Waals surface area contributed by atoms with Crippen molar-refractivity contribution in [2.45, 2.75) is 46.2 Å². The first-order chi connectivity index (χ1) is 9.28. The Morgan fingerprint density at radius 2 is 2.10 bits per heavy atom. The Morgan fingerprint density at radius 1 is 1.40 bits per heavy atom. The van der Waals surface area contributed by atoms with E-state index < -0.39 is 0 Å². The summed E-state index contributed by atoms with van der Waals surface area (Å²) in [5.41, 5.74) is 3.06. The molecule has 5 heteroatoms. The van der Waals surface area contributed by atoms with Gasteiger partial charge in [-0.1, -0.05) is 12.1 Å². The number of rotatable bonds is 3. The van der Waals surface area contributed by atoms with Crippen molar-refractivity contribution < 1.29 is 4.79 Å². The molecule has 20 heavy (non-hydrogen) atoms. The molecule has 2 N–H and O–H groups in total. The lowest BCUT2D eigenvalue weighted by Crippen LogP contribution is -2.40. The molecule has 0 aliphatic heterocycles. The smallest absolute Gasteiger partial charge is 0.222 e. The van der Waals surface area contributed by atoms with E-state index in [9.17, 15) is 4.79 Å². The number of hydrogen-bond acceptors (Lipinski definition) is 2. The maximum absolute atomic E-state index is 11.9. The average Bonchev–Trinajstić information content (AvgIpc) is 2.62. The van der Waals surface area contributed by atoms with E-state index in [0.717, 1.165) is 16.6 Å². The van der Waals surface area contributed by atoms with Crippen LogP contribution in [0.15, 0.2) is 18.2 Å². The van der Waals surface area contributed by atoms with Gasteiger partial charge in [0.05, 0.1) is 11.0 Å². The van der Waals surface area contributed by atoms with Crippen molar-refractivity contribution in [2.24, 2.45) is 0 Å². The minimum Gasteiger partial charge on any atom is -0.351 e. The van der Waals surface area contributed by atoms with Gasteiger partial charge in [-0.3, -0.25) is 4.79 Å². The molecule has 0 fully saturated rings. The van der Waals surface area contributed by atoms with Gasteiger partial charge in [0, 0.05) is 18.5 Å². The molecule has 0 atom stereocenters. The molecular weight excluding hydrogens is 270 g/mol. The summed E-state index contributed by atoms with van der Waals surface area (Å²) in [5, 5.41) is 2.96. The second-order valence-corrected chi connectivity index (χ2v) is 6.49. The van der Waals surface area contributed by atoms with Gasteiger partial charge in [-0.05, 0) is 51.5 Å². The first-order valence-electron chi connectivity index (χ1n) is 6.77. The maximum atomic E-state index is 11.9. The second-order valence-electron chi connectivity index (χ2n) is 6.10. The Bertz CT molecular complexity index is 691. The van der Waals surface area contributed by atoms with Crippen LogP contribution >= 0.6 is 12.2 Å². The summed E-state index contributed by atoms with van der Waals surface area (Å²) in [4.78, 5) is 15.1. The lowest BCUT2D eigenvalue weighted by atomic mass is 10.1. The van der Waals surface area contributed by atoms with E-state index in [-0.39, 0.29) is 11.4 Å². The van der Waals surface area contributed by atoms with Crippen LogP contribution in [0, 0.1) is 11.7 Å². The fourth-order valence-corrected chi connectivity index (χ4v) is 2.53. The summed E-state index contributed by atoms with van der Waals surface area (Å²) in [6.07, 6.45) is 0.423. The van der Waals surface area contributed by atoms with Crippen LogP contribution < -0.4 is 5.32 Å². The van der Waals surface area contributed by atoms with Crippen LogP contribution in [-0.4, -0.2) is 21.0 Å². The summed E-state index contributed by atoms with van der Waals surface area (Å²) in [7, 11) is 0. The van der Waals surface area contributed by atoms with E-state index in [4.69, 9.17) is 12.2 Å². The van der Waals surface area contributed by atoms with Crippen molar-refractivity contribution in [3.8, 4) is 0 Å². The van der Waals surface area contributed by atoms with Gasteiger partial charge in [-0.25, -0.2) is 0 Å². The van der Waals surface area contributed by atoms with Crippen molar-refractivity contribution >= 4 is 29.2 Å². The van der Waals surface area contributed by atoms with Gasteiger partial charge in [-0.15, -0.1) is 0 Å². The Kier molecular flexibility index (Phi) is 3.99. The number of nitrogens with one attached hydrogen (secondary N) is 2. The van der Waals surface area contributed by atoms with Gasteiger partial charge >= 0.3 is 0 Å². The number of hydrogen-bond donors (Lipinski definition) is 2. The molecular formula is C15H21N3OS. The Morgan fingerprint density at radius 3 is 2.75 bits per heavy atom. The Balaban J connectivity index is 2.19. The highest BCUT2D eigenvalue weighted by Crippen LogP contribution is 2.18. The topological polar surface area (TPSA) is 49.8 Å². The minimum atomic E-state index is -0.199. The number of nitrogens with zero attached hydrogens (tertiary/aromatic N) is 1. The molecule has 0 saturated carbocycles. The summed E-state index contributed by atoms with van der Waals surface area (Å²) in [6.45, 7) is 8.57. The molecule has 1 aromatic carbocycles. The quantitative estimate of drug-likeness (QED) is 0.852. The summed E-state index contributed by atoms with van der Waals surface area (Å²) < 4.78 is 2.65. The first kappa shape index (κ1) is 14.8. The molecule has 0 radical (unpaired) electrons. The number of H-pyrrole nitrogens is 1. The molecule has 4 nitrogen and oxygen atoms in total. The van der Waals surface area contributed by atoms with Crippen LogP contribution in [0.5, 0.6) is 0 Å². The fourth-order valence-electron chi connectivity index (χ4n) is 2.24. The van der Waals surface area contributed by atoms with Crippen LogP contribution in [0.1, 0.15) is 32.8 Å². The normalized spacial score (nSPS) is 11.8. The average molecular weight is 291 g/mol. The molecule has 2 aromatic rings. The molecule has 0 unspecified atom stereocenters. The van der Waals surface area contributed by atoms with Gasteiger partial charge in [0.1, 0.15) is 0 Å². The number of aryl methyl sites for hydroxylation is 2. The molecule has 0 aliphatic rings. The van der Waals surface area contributed by atoms with Gasteiger partial charge in [0.2, 0.25) is 5.91 Å². The molecule has 1 aromatic heterocycles. The Hall–Kier alpha value is -1.62. The van der Waals surface area contributed by atoms with Crippen LogP contribution in [0.3, 0.4) is 0 Å². The van der Waals surface area contributed by atoms with E-state index in [1.54, 1.807) is 0 Å². The van der Waals surface area contributed by atoms with Crippen LogP contribution in [0.4, 0.5) is 0 Å². The van der Waals surface area contributed by atoms with Gasteiger partial charge < -0.3 is 14.9 Å². The summed E-state index contributed by atoms with van der Waals surface area (Å²) in [6, 6.07) is 6.08. The molecule has 108 valence electrons. The summed E-state index contributed by atoms with van der Waals surface area (Å²) in [5.74, 6) is 0.0430. The van der Waals surface area contributed by atoms with Crippen molar-refractivity contribution in [3.05, 3.63) is 28.5 Å². The fraction of sp³-hybridized carbons (Fsp3) is 0.467. The molecule has 2 rings (SSSR count). The number of imidazole rings is 1. The number of amides is 1. The van der Waals surface area contributed by atoms with E-state index in [1.807, 2.05) is 50.5 Å². The third-order valence-corrected chi connectivity index (χ3v) is 3.42. The van der Waals surface area contributed by atoms with E-state index in [0.29, 0.717) is 17.7 Å². The highest BCUT2D eigenvalue weighted by molar-refractivity contribution is 7.71. The first-order valence-corrected chi connectivity index (χ1v) is 7.18. The van der Waals surface area contributed by atoms with Crippen LogP contribution in [0.2, 0.25) is 0 Å². The van der Waals surface area contributed by atoms with Gasteiger partial charge in [0.25, 0.3) is 0 Å². The van der Waals surface area contributed by atoms with Gasteiger partial charge in [0.15, 0.2) is 4.77 Å². The zero-order valence-corrected chi connectivity index (χ0v) is 13.2. The van der Waals surface area contributed by atoms with Crippen molar-refractivity contribution in [1.29, 1.82) is 0 Å². The van der Waals surface area contributed by atoms with Crippen molar-refractivity contribution in [1.82, 2.24) is 14.9 Å². The number of para-hydroxylation sites is 1. The number of aromatic amines is 1. The minimum absolute atomic E-state index is 0.0430. The molecule has 0 spiro atoms. The third kappa shape index (κ3) is 3.28. The lowest BCUT2D eigenvalue weighted by molar-refractivity contribution is -0.122. The third-order valence-electron chi connectivity index (χ3n) is 3.10. The number of benzene rings is 1. The maximum Gasteiger partial charge on any atom is 0.222 e. The molecule has 0 saturated heterocycles. The lowest BCUT2D eigenvalue weighted by Gasteiger charge is -2.20. The summed E-state index contributed by atoms with van der Waals surface area (Å²) >= 11 is 5.35. The number of carbonyl (C=O) groups excluding carboxylic acids is 1. The standard InChI is InChI=1S/C15H21N3OS/c1-10-6-5-7-11-13(10)16-14(20)18(11)9-8-12(19)17-15(2,3)4/h5-7H,8-9H2,1-4H3,(H,16,20)(H,17,19). The van der Waals surface area contributed by atoms with Crippen molar-refractivity contribution in [2.75, 3.05) is 0 Å². The van der Waals surface area contributed by atoms with E-state index >= 15 is 0 Å². The Labute approximate surface area is 124 Å². The molecule has 0 aliphatic carbocycles. The zero-order chi connectivity index (χ0) is 14.9. The number of carbonyl (C=O) groups is 1. The zero-order valence-electron chi connectivity index (χ0n) is 12.4. The monoisotopic (exact) mass is 291 g/mol. The highest BCUT2D eigenvalue weighted by Gasteiger charge is 2.14. The van der Waals surface area contributed by atoms with E-state index in [2.05, 4.69) is 10.3 Å². The number of aromatic nitrogens is 2. The highest BCUT2D eigenvalue weighted by atomic mass is 32.1. The second kappa shape index (κ2) is 5.40. The van der Waals surface area contributed by atoms with Gasteiger partial charge in [-0.2, -0.15) is 0 Å². The largest absolute Gasteiger partial charge is 0.351 e. The van der Waals surface area contributed by atoms with E-state index in [1.165, 1.54) is 0 Å². The molecule has 1 amide bonds. The SMILES string of the molecule is Cc1cccc2c1[nH]c(=S)n2CCC(=O)NC(C)(C)C. The molecule has 0 bridgehead atoms. The molecule has 1 heterocycles. The predicted octanol–water partition coefficient (Wildman–Crippen LogP) is 3.31. The van der Waals surface area contributed by atoms with Crippen LogP contribution in [-0.2, 0) is 11.3 Å². The predicted molar refractivity (Wildman–Crippen MR) is 84.4 cm³/mol. The van der Waals surface area contributed by atoms with Crippen LogP contribution in [0.25, 0.3) is 11.0 Å².